The van der Waals surface area contributed by atoms with Crippen LogP contribution < -0.4 is 11.1 Å². The Bertz CT molecular complexity index is 668. The lowest BCUT2D eigenvalue weighted by Gasteiger charge is -2.08. The summed E-state index contributed by atoms with van der Waals surface area (Å²) in [5, 5.41) is 2.38. The number of anilines is 2. The molecule has 1 heterocycles. The van der Waals surface area contributed by atoms with Crippen molar-refractivity contribution in [1.82, 2.24) is 4.98 Å². The molecule has 0 atom stereocenters. The maximum atomic E-state index is 13.0. The zero-order chi connectivity index (χ0) is 15.6. The van der Waals surface area contributed by atoms with Gasteiger partial charge in [-0.3, -0.25) is 9.78 Å². The quantitative estimate of drug-likeness (QED) is 0.661. The number of pyridine rings is 1. The highest BCUT2D eigenvalue weighted by Crippen LogP contribution is 2.27. The molecule has 1 aromatic carbocycles. The third-order valence-electron chi connectivity index (χ3n) is 2.57. The Balaban J connectivity index is 2.15. The van der Waals surface area contributed by atoms with E-state index in [0.717, 1.165) is 18.3 Å². The van der Waals surface area contributed by atoms with Crippen molar-refractivity contribution in [2.24, 2.45) is 0 Å². The molecular formula is C13H9F4N3O. The fraction of sp³-hybridized carbons (Fsp3) is 0.0769. The van der Waals surface area contributed by atoms with Crippen LogP contribution in [0.2, 0.25) is 0 Å². The van der Waals surface area contributed by atoms with E-state index in [-0.39, 0.29) is 16.9 Å². The van der Waals surface area contributed by atoms with Gasteiger partial charge in [-0.2, -0.15) is 13.2 Å². The summed E-state index contributed by atoms with van der Waals surface area (Å²) in [7, 11) is 0. The number of nitrogens with one attached hydrogen (secondary N) is 1. The Labute approximate surface area is 116 Å². The number of hydrogen-bond donors (Lipinski definition) is 2. The molecule has 2 rings (SSSR count). The van der Waals surface area contributed by atoms with E-state index in [4.69, 9.17) is 5.73 Å². The first-order chi connectivity index (χ1) is 9.77. The van der Waals surface area contributed by atoms with Crippen molar-refractivity contribution < 1.29 is 22.4 Å². The Morgan fingerprint density at radius 1 is 1.19 bits per heavy atom. The number of amides is 1. The van der Waals surface area contributed by atoms with Gasteiger partial charge in [0.25, 0.3) is 5.91 Å². The average molecular weight is 299 g/mol. The van der Waals surface area contributed by atoms with Gasteiger partial charge in [0.2, 0.25) is 0 Å². The highest BCUT2D eigenvalue weighted by Gasteiger charge is 2.32. The van der Waals surface area contributed by atoms with Crippen molar-refractivity contribution in [2.45, 2.75) is 6.18 Å². The van der Waals surface area contributed by atoms with Gasteiger partial charge in [0.1, 0.15) is 11.5 Å². The van der Waals surface area contributed by atoms with Crippen LogP contribution in [0.15, 0.2) is 36.5 Å². The highest BCUT2D eigenvalue weighted by molar-refractivity contribution is 6.04. The molecule has 0 aliphatic heterocycles. The number of nitrogen functional groups attached to an aromatic ring is 1. The minimum atomic E-state index is -4.57. The summed E-state index contributed by atoms with van der Waals surface area (Å²) in [5.41, 5.74) is 4.25. The van der Waals surface area contributed by atoms with Crippen LogP contribution >= 0.6 is 0 Å². The molecule has 3 N–H and O–H groups in total. The molecule has 0 saturated heterocycles. The molecule has 0 saturated carbocycles. The number of nitrogens with zero attached hydrogens (tertiary/aromatic N) is 1. The van der Waals surface area contributed by atoms with Gasteiger partial charge in [0, 0.05) is 11.9 Å². The van der Waals surface area contributed by atoms with Crippen LogP contribution in [0.5, 0.6) is 0 Å². The van der Waals surface area contributed by atoms with Crippen molar-refractivity contribution in [1.29, 1.82) is 0 Å². The molecule has 0 spiro atoms. The zero-order valence-corrected chi connectivity index (χ0v) is 10.4. The second-order valence-electron chi connectivity index (χ2n) is 4.12. The van der Waals surface area contributed by atoms with Crippen LogP contribution in [0.1, 0.15) is 16.1 Å². The highest BCUT2D eigenvalue weighted by atomic mass is 19.4. The van der Waals surface area contributed by atoms with Gasteiger partial charge in [-0.05, 0) is 30.3 Å². The van der Waals surface area contributed by atoms with Crippen LogP contribution in [0, 0.1) is 5.82 Å². The van der Waals surface area contributed by atoms with E-state index in [1.54, 1.807) is 0 Å². The molecule has 0 aliphatic rings. The van der Waals surface area contributed by atoms with E-state index in [1.165, 1.54) is 12.1 Å². The maximum absolute atomic E-state index is 13.0. The van der Waals surface area contributed by atoms with Crippen molar-refractivity contribution in [2.75, 3.05) is 11.1 Å². The molecule has 0 aliphatic carbocycles. The third kappa shape index (κ3) is 3.47. The van der Waals surface area contributed by atoms with E-state index in [2.05, 4.69) is 10.3 Å². The van der Waals surface area contributed by atoms with Gasteiger partial charge < -0.3 is 11.1 Å². The first kappa shape index (κ1) is 14.8. The normalized spacial score (nSPS) is 11.2. The summed E-state index contributed by atoms with van der Waals surface area (Å²) in [4.78, 5) is 15.0. The van der Waals surface area contributed by atoms with Crippen molar-refractivity contribution >= 4 is 17.3 Å². The van der Waals surface area contributed by atoms with Crippen LogP contribution in [0.3, 0.4) is 0 Å². The van der Waals surface area contributed by atoms with E-state index in [0.29, 0.717) is 6.07 Å². The first-order valence-electron chi connectivity index (χ1n) is 5.67. The minimum Gasteiger partial charge on any atom is -0.396 e. The summed E-state index contributed by atoms with van der Waals surface area (Å²) < 4.78 is 50.0. The number of aromatic nitrogens is 1. The molecule has 0 bridgehead atoms. The van der Waals surface area contributed by atoms with Gasteiger partial charge in [0.05, 0.1) is 11.3 Å². The number of rotatable bonds is 2. The molecular weight excluding hydrogens is 290 g/mol. The fourth-order valence-electron chi connectivity index (χ4n) is 1.52. The van der Waals surface area contributed by atoms with Gasteiger partial charge in [-0.15, -0.1) is 0 Å². The molecule has 0 radical (unpaired) electrons. The molecule has 0 fully saturated rings. The molecule has 2 aromatic rings. The van der Waals surface area contributed by atoms with Crippen LogP contribution in [-0.4, -0.2) is 10.9 Å². The lowest BCUT2D eigenvalue weighted by molar-refractivity contribution is -0.141. The minimum absolute atomic E-state index is 0.0640. The number of benzene rings is 1. The SMILES string of the molecule is Nc1cc(NC(=O)c2ccc(C(F)(F)F)nc2)ccc1F. The number of halogens is 4. The molecule has 8 heteroatoms. The number of hydrogen-bond acceptors (Lipinski definition) is 3. The molecule has 4 nitrogen and oxygen atoms in total. The molecule has 1 aromatic heterocycles. The first-order valence-corrected chi connectivity index (χ1v) is 5.67. The Hall–Kier alpha value is -2.64. The third-order valence-corrected chi connectivity index (χ3v) is 2.57. The number of carbonyl (C=O) groups excluding carboxylic acids is 1. The lowest BCUT2D eigenvalue weighted by Crippen LogP contribution is -2.14. The van der Waals surface area contributed by atoms with Crippen LogP contribution in [0.25, 0.3) is 0 Å². The molecule has 1 amide bonds. The summed E-state index contributed by atoms with van der Waals surface area (Å²) in [5.74, 6) is -1.31. The molecule has 0 unspecified atom stereocenters. The monoisotopic (exact) mass is 299 g/mol. The second-order valence-corrected chi connectivity index (χ2v) is 4.12. The Morgan fingerprint density at radius 2 is 1.90 bits per heavy atom. The summed E-state index contributed by atoms with van der Waals surface area (Å²) in [6, 6.07) is 5.24. The van der Waals surface area contributed by atoms with Gasteiger partial charge in [-0.1, -0.05) is 0 Å². The predicted molar refractivity (Wildman–Crippen MR) is 68.0 cm³/mol. The Morgan fingerprint density at radius 3 is 2.43 bits per heavy atom. The van der Waals surface area contributed by atoms with E-state index in [1.807, 2.05) is 0 Å². The fourth-order valence-corrected chi connectivity index (χ4v) is 1.52. The average Bonchev–Trinajstić information content (AvgIpc) is 2.42. The second kappa shape index (κ2) is 5.39. The smallest absolute Gasteiger partial charge is 0.396 e. The standard InChI is InChI=1S/C13H9F4N3O/c14-9-3-2-8(5-10(9)18)20-12(21)7-1-4-11(19-6-7)13(15,16)17/h1-6H,18H2,(H,20,21). The van der Waals surface area contributed by atoms with Gasteiger partial charge in [0.15, 0.2) is 0 Å². The number of alkyl halides is 3. The molecule has 110 valence electrons. The topological polar surface area (TPSA) is 68.0 Å². The summed E-state index contributed by atoms with van der Waals surface area (Å²) in [6.07, 6.45) is -3.76. The molecule has 21 heavy (non-hydrogen) atoms. The van der Waals surface area contributed by atoms with Gasteiger partial charge in [-0.25, -0.2) is 4.39 Å². The van der Waals surface area contributed by atoms with E-state index >= 15 is 0 Å². The number of carbonyl (C=O) groups is 1. The zero-order valence-electron chi connectivity index (χ0n) is 10.4. The predicted octanol–water partition coefficient (Wildman–Crippen LogP) is 3.07. The van der Waals surface area contributed by atoms with Crippen LogP contribution in [-0.2, 0) is 6.18 Å². The number of nitrogens with two attached hydrogens (primary N) is 1. The largest absolute Gasteiger partial charge is 0.433 e. The van der Waals surface area contributed by atoms with Crippen molar-refractivity contribution in [3.63, 3.8) is 0 Å². The summed E-state index contributed by atoms with van der Waals surface area (Å²) >= 11 is 0. The lowest BCUT2D eigenvalue weighted by atomic mass is 10.2. The van der Waals surface area contributed by atoms with Gasteiger partial charge >= 0.3 is 6.18 Å². The maximum Gasteiger partial charge on any atom is 0.433 e. The van der Waals surface area contributed by atoms with Crippen LogP contribution in [0.4, 0.5) is 28.9 Å². The van der Waals surface area contributed by atoms with E-state index < -0.39 is 23.6 Å². The Kier molecular flexibility index (Phi) is 3.79. The van der Waals surface area contributed by atoms with Crippen molar-refractivity contribution in [3.05, 3.63) is 53.6 Å². The van der Waals surface area contributed by atoms with E-state index in [9.17, 15) is 22.4 Å². The van der Waals surface area contributed by atoms with Crippen molar-refractivity contribution in [3.8, 4) is 0 Å². The summed E-state index contributed by atoms with van der Waals surface area (Å²) in [6.45, 7) is 0.